The Labute approximate surface area is 162 Å². The number of rotatable bonds is 6. The lowest BCUT2D eigenvalue weighted by Crippen LogP contribution is -2.13. The molecule has 0 spiro atoms. The van der Waals surface area contributed by atoms with E-state index >= 15 is 0 Å². The van der Waals surface area contributed by atoms with Crippen molar-refractivity contribution in [3.05, 3.63) is 53.6 Å². The molecule has 0 saturated carbocycles. The van der Waals surface area contributed by atoms with Gasteiger partial charge in [0.2, 0.25) is 5.13 Å². The predicted molar refractivity (Wildman–Crippen MR) is 107 cm³/mol. The fourth-order valence-electron chi connectivity index (χ4n) is 2.56. The zero-order chi connectivity index (χ0) is 19.4. The second-order valence-corrected chi connectivity index (χ2v) is 7.19. The van der Waals surface area contributed by atoms with Crippen molar-refractivity contribution < 1.29 is 14.3 Å². The lowest BCUT2D eigenvalue weighted by Gasteiger charge is -2.09. The third-order valence-electron chi connectivity index (χ3n) is 4.12. The summed E-state index contributed by atoms with van der Waals surface area (Å²) in [6.07, 6.45) is 0. The maximum Gasteiger partial charge on any atom is 0.261 e. The summed E-state index contributed by atoms with van der Waals surface area (Å²) >= 11 is 1.32. The predicted octanol–water partition coefficient (Wildman–Crippen LogP) is 4.60. The molecule has 1 aromatic heterocycles. The number of methoxy groups -OCH3 is 2. The highest BCUT2D eigenvalue weighted by molar-refractivity contribution is 7.18. The van der Waals surface area contributed by atoms with E-state index in [1.165, 1.54) is 24.0 Å². The van der Waals surface area contributed by atoms with E-state index in [0.717, 1.165) is 10.6 Å². The van der Waals surface area contributed by atoms with E-state index in [4.69, 9.17) is 9.47 Å². The molecule has 3 rings (SSSR count). The van der Waals surface area contributed by atoms with E-state index in [1.807, 2.05) is 12.1 Å². The minimum atomic E-state index is -0.330. The fraction of sp³-hybridized carbons (Fsp3) is 0.250. The van der Waals surface area contributed by atoms with Crippen molar-refractivity contribution in [3.63, 3.8) is 0 Å². The summed E-state index contributed by atoms with van der Waals surface area (Å²) in [4.78, 5) is 12.6. The van der Waals surface area contributed by atoms with Gasteiger partial charge in [0.05, 0.1) is 19.8 Å². The van der Waals surface area contributed by atoms with Crippen LogP contribution in [-0.2, 0) is 0 Å². The number of ether oxygens (including phenoxy) is 2. The molecule has 7 heteroatoms. The SMILES string of the molecule is COc1ccc(OC)c(C(=O)Nc2nnc(-c3ccc(C(C)C)cc3)s2)c1. The summed E-state index contributed by atoms with van der Waals surface area (Å²) in [5.74, 6) is 1.18. The van der Waals surface area contributed by atoms with Crippen molar-refractivity contribution in [3.8, 4) is 22.1 Å². The molecule has 27 heavy (non-hydrogen) atoms. The highest BCUT2D eigenvalue weighted by atomic mass is 32.1. The van der Waals surface area contributed by atoms with E-state index in [0.29, 0.717) is 28.1 Å². The first kappa shape index (κ1) is 18.8. The molecule has 140 valence electrons. The average Bonchev–Trinajstić information content (AvgIpc) is 3.15. The average molecular weight is 383 g/mol. The van der Waals surface area contributed by atoms with Gasteiger partial charge in [0, 0.05) is 5.56 Å². The first-order chi connectivity index (χ1) is 13.0. The van der Waals surface area contributed by atoms with Crippen LogP contribution in [-0.4, -0.2) is 30.3 Å². The van der Waals surface area contributed by atoms with Crippen LogP contribution in [0, 0.1) is 0 Å². The number of aromatic nitrogens is 2. The monoisotopic (exact) mass is 383 g/mol. The molecule has 0 fully saturated rings. The molecule has 0 aliphatic carbocycles. The third-order valence-corrected chi connectivity index (χ3v) is 5.01. The van der Waals surface area contributed by atoms with Crippen molar-refractivity contribution >= 4 is 22.4 Å². The molecular weight excluding hydrogens is 362 g/mol. The first-order valence-electron chi connectivity index (χ1n) is 8.49. The van der Waals surface area contributed by atoms with Crippen LogP contribution < -0.4 is 14.8 Å². The summed E-state index contributed by atoms with van der Waals surface area (Å²) in [5, 5.41) is 12.2. The molecule has 0 aliphatic heterocycles. The second kappa shape index (κ2) is 8.18. The van der Waals surface area contributed by atoms with Gasteiger partial charge in [-0.15, -0.1) is 10.2 Å². The van der Waals surface area contributed by atoms with Crippen molar-refractivity contribution in [2.24, 2.45) is 0 Å². The maximum absolute atomic E-state index is 12.6. The van der Waals surface area contributed by atoms with Crippen molar-refractivity contribution in [2.75, 3.05) is 19.5 Å². The number of carbonyl (C=O) groups excluding carboxylic acids is 1. The molecule has 1 heterocycles. The Morgan fingerprint density at radius 3 is 2.41 bits per heavy atom. The van der Waals surface area contributed by atoms with Gasteiger partial charge in [-0.05, 0) is 29.7 Å². The van der Waals surface area contributed by atoms with E-state index in [1.54, 1.807) is 25.3 Å². The Balaban J connectivity index is 1.78. The smallest absolute Gasteiger partial charge is 0.261 e. The third kappa shape index (κ3) is 4.25. The molecule has 6 nitrogen and oxygen atoms in total. The summed E-state index contributed by atoms with van der Waals surface area (Å²) in [6, 6.07) is 13.3. The molecule has 0 bridgehead atoms. The molecule has 0 saturated heterocycles. The molecule has 1 amide bonds. The van der Waals surface area contributed by atoms with Gasteiger partial charge >= 0.3 is 0 Å². The molecule has 0 aliphatic rings. The van der Waals surface area contributed by atoms with Crippen LogP contribution in [0.4, 0.5) is 5.13 Å². The van der Waals surface area contributed by atoms with E-state index in [2.05, 4.69) is 41.5 Å². The highest BCUT2D eigenvalue weighted by Gasteiger charge is 2.16. The van der Waals surface area contributed by atoms with Crippen LogP contribution in [0.5, 0.6) is 11.5 Å². The number of benzene rings is 2. The van der Waals surface area contributed by atoms with Gasteiger partial charge in [-0.25, -0.2) is 0 Å². The van der Waals surface area contributed by atoms with Crippen LogP contribution in [0.25, 0.3) is 10.6 Å². The summed E-state index contributed by atoms with van der Waals surface area (Å²) in [6.45, 7) is 4.31. The van der Waals surface area contributed by atoms with Gasteiger partial charge in [-0.2, -0.15) is 0 Å². The molecule has 0 radical (unpaired) electrons. The lowest BCUT2D eigenvalue weighted by molar-refractivity contribution is 0.102. The van der Waals surface area contributed by atoms with E-state index in [9.17, 15) is 4.79 Å². The quantitative estimate of drug-likeness (QED) is 0.673. The molecule has 2 aromatic carbocycles. The molecule has 0 unspecified atom stereocenters. The Morgan fingerprint density at radius 2 is 1.78 bits per heavy atom. The summed E-state index contributed by atoms with van der Waals surface area (Å²) < 4.78 is 10.4. The minimum Gasteiger partial charge on any atom is -0.497 e. The van der Waals surface area contributed by atoms with Crippen molar-refractivity contribution in [2.45, 2.75) is 19.8 Å². The van der Waals surface area contributed by atoms with Crippen molar-refractivity contribution in [1.82, 2.24) is 10.2 Å². The Bertz CT molecular complexity index is 936. The largest absolute Gasteiger partial charge is 0.497 e. The van der Waals surface area contributed by atoms with Crippen LogP contribution in [0.15, 0.2) is 42.5 Å². The normalized spacial score (nSPS) is 10.7. The molecular formula is C20H21N3O3S. The number of carbonyl (C=O) groups is 1. The van der Waals surface area contributed by atoms with E-state index < -0.39 is 0 Å². The number of hydrogen-bond acceptors (Lipinski definition) is 6. The van der Waals surface area contributed by atoms with Gasteiger partial charge in [-0.1, -0.05) is 49.4 Å². The fourth-order valence-corrected chi connectivity index (χ4v) is 3.30. The summed E-state index contributed by atoms with van der Waals surface area (Å²) in [5.41, 5.74) is 2.60. The molecule has 0 atom stereocenters. The number of nitrogens with one attached hydrogen (secondary N) is 1. The van der Waals surface area contributed by atoms with Crippen LogP contribution >= 0.6 is 11.3 Å². The maximum atomic E-state index is 12.6. The van der Waals surface area contributed by atoms with Gasteiger partial charge in [0.15, 0.2) is 0 Å². The van der Waals surface area contributed by atoms with Gasteiger partial charge in [-0.3, -0.25) is 10.1 Å². The Kier molecular flexibility index (Phi) is 5.71. The Morgan fingerprint density at radius 1 is 1.04 bits per heavy atom. The number of hydrogen-bond donors (Lipinski definition) is 1. The summed E-state index contributed by atoms with van der Waals surface area (Å²) in [7, 11) is 3.06. The zero-order valence-electron chi connectivity index (χ0n) is 15.6. The topological polar surface area (TPSA) is 73.3 Å². The number of anilines is 1. The minimum absolute atomic E-state index is 0.330. The standard InChI is InChI=1S/C20H21N3O3S/c1-12(2)13-5-7-14(8-6-13)19-22-23-20(27-19)21-18(24)16-11-15(25-3)9-10-17(16)26-4/h5-12H,1-4H3,(H,21,23,24). The number of amides is 1. The Hall–Kier alpha value is -2.93. The van der Waals surface area contributed by atoms with E-state index in [-0.39, 0.29) is 5.91 Å². The zero-order valence-corrected chi connectivity index (χ0v) is 16.5. The number of nitrogens with zero attached hydrogens (tertiary/aromatic N) is 2. The van der Waals surface area contributed by atoms with Crippen LogP contribution in [0.3, 0.4) is 0 Å². The van der Waals surface area contributed by atoms with Crippen LogP contribution in [0.2, 0.25) is 0 Å². The van der Waals surface area contributed by atoms with Gasteiger partial charge in [0.1, 0.15) is 16.5 Å². The lowest BCUT2D eigenvalue weighted by atomic mass is 10.0. The second-order valence-electron chi connectivity index (χ2n) is 6.21. The highest BCUT2D eigenvalue weighted by Crippen LogP contribution is 2.29. The van der Waals surface area contributed by atoms with Crippen LogP contribution in [0.1, 0.15) is 35.7 Å². The first-order valence-corrected chi connectivity index (χ1v) is 9.30. The van der Waals surface area contributed by atoms with Gasteiger partial charge in [0.25, 0.3) is 5.91 Å². The van der Waals surface area contributed by atoms with Gasteiger partial charge < -0.3 is 9.47 Å². The molecule has 3 aromatic rings. The molecule has 1 N–H and O–H groups in total. The van der Waals surface area contributed by atoms with Crippen molar-refractivity contribution in [1.29, 1.82) is 0 Å².